The molecule has 8 heteroatoms. The molecule has 2 aromatic carbocycles. The lowest BCUT2D eigenvalue weighted by Gasteiger charge is -2.31. The summed E-state index contributed by atoms with van der Waals surface area (Å²) in [7, 11) is -1.55. The van der Waals surface area contributed by atoms with E-state index in [1.165, 1.54) is 0 Å². The van der Waals surface area contributed by atoms with Crippen LogP contribution in [0.5, 0.6) is 11.5 Å². The number of benzene rings is 2. The Bertz CT molecular complexity index is 821. The van der Waals surface area contributed by atoms with E-state index in [1.54, 1.807) is 52.8 Å². The molecular formula is C18H22Cl2N2O3S. The van der Waals surface area contributed by atoms with Gasteiger partial charge in [0.15, 0.2) is 0 Å². The Kier molecular flexibility index (Phi) is 7.32. The number of rotatable bonds is 5. The zero-order valence-corrected chi connectivity index (χ0v) is 16.8. The van der Waals surface area contributed by atoms with Gasteiger partial charge >= 0.3 is 0 Å². The van der Waals surface area contributed by atoms with E-state index >= 15 is 0 Å². The monoisotopic (exact) mass is 416 g/mol. The average molecular weight is 417 g/mol. The van der Waals surface area contributed by atoms with Crippen LogP contribution in [0.2, 0.25) is 5.02 Å². The molecule has 1 heterocycles. The predicted molar refractivity (Wildman–Crippen MR) is 106 cm³/mol. The maximum absolute atomic E-state index is 12.7. The molecule has 1 saturated heterocycles. The lowest BCUT2D eigenvalue weighted by Crippen LogP contribution is -2.43. The van der Waals surface area contributed by atoms with E-state index in [1.807, 2.05) is 7.05 Å². The Hall–Kier alpha value is -1.31. The Labute approximate surface area is 165 Å². The molecule has 3 rings (SSSR count). The van der Waals surface area contributed by atoms with E-state index in [-0.39, 0.29) is 17.3 Å². The van der Waals surface area contributed by atoms with Crippen LogP contribution in [0.4, 0.5) is 0 Å². The molecular weight excluding hydrogens is 395 g/mol. The van der Waals surface area contributed by atoms with Gasteiger partial charge < -0.3 is 10.1 Å². The van der Waals surface area contributed by atoms with Gasteiger partial charge in [-0.15, -0.1) is 12.4 Å². The molecule has 2 aromatic rings. The van der Waals surface area contributed by atoms with E-state index in [0.29, 0.717) is 35.7 Å². The van der Waals surface area contributed by atoms with Crippen LogP contribution in [-0.4, -0.2) is 38.9 Å². The second-order valence-corrected chi connectivity index (χ2v) is 8.37. The van der Waals surface area contributed by atoms with Crippen molar-refractivity contribution in [2.24, 2.45) is 0 Å². The Balaban J connectivity index is 0.00000243. The number of hydrogen-bond donors (Lipinski definition) is 1. The van der Waals surface area contributed by atoms with Crippen LogP contribution in [0.25, 0.3) is 0 Å². The number of piperidine rings is 1. The molecule has 0 aromatic heterocycles. The van der Waals surface area contributed by atoms with Crippen molar-refractivity contribution in [3.63, 3.8) is 0 Å². The highest BCUT2D eigenvalue weighted by Crippen LogP contribution is 2.27. The second-order valence-electron chi connectivity index (χ2n) is 6.00. The van der Waals surface area contributed by atoms with Gasteiger partial charge in [-0.2, -0.15) is 4.31 Å². The van der Waals surface area contributed by atoms with Gasteiger partial charge in [0.05, 0.1) is 4.90 Å². The third-order valence-corrected chi connectivity index (χ3v) is 6.50. The fourth-order valence-electron chi connectivity index (χ4n) is 2.88. The summed E-state index contributed by atoms with van der Waals surface area (Å²) in [5.74, 6) is 1.17. The zero-order valence-electron chi connectivity index (χ0n) is 14.4. The molecule has 142 valence electrons. The lowest BCUT2D eigenvalue weighted by atomic mass is 10.1. The highest BCUT2D eigenvalue weighted by Gasteiger charge is 2.28. The molecule has 1 aliphatic heterocycles. The summed E-state index contributed by atoms with van der Waals surface area (Å²) < 4.78 is 32.7. The summed E-state index contributed by atoms with van der Waals surface area (Å²) in [6.07, 6.45) is 1.65. The van der Waals surface area contributed by atoms with E-state index in [4.69, 9.17) is 16.3 Å². The van der Waals surface area contributed by atoms with Gasteiger partial charge in [0.25, 0.3) is 0 Å². The van der Waals surface area contributed by atoms with E-state index in [0.717, 1.165) is 12.8 Å². The van der Waals surface area contributed by atoms with Crippen molar-refractivity contribution in [2.45, 2.75) is 23.8 Å². The molecule has 1 aliphatic rings. The Morgan fingerprint density at radius 3 is 2.31 bits per heavy atom. The van der Waals surface area contributed by atoms with Crippen molar-refractivity contribution in [3.8, 4) is 11.5 Å². The zero-order chi connectivity index (χ0) is 17.9. The maximum Gasteiger partial charge on any atom is 0.243 e. The molecule has 0 amide bonds. The number of hydrogen-bond acceptors (Lipinski definition) is 4. The fraction of sp³-hybridized carbons (Fsp3) is 0.333. The first-order chi connectivity index (χ1) is 12.0. The summed E-state index contributed by atoms with van der Waals surface area (Å²) in [6.45, 7) is 1.07. The normalized spacial score (nSPS) is 16.1. The van der Waals surface area contributed by atoms with Crippen LogP contribution in [0, 0.1) is 0 Å². The molecule has 5 nitrogen and oxygen atoms in total. The third kappa shape index (κ3) is 4.90. The number of sulfonamides is 1. The number of nitrogens with zero attached hydrogens (tertiary/aromatic N) is 1. The van der Waals surface area contributed by atoms with Gasteiger partial charge in [-0.3, -0.25) is 0 Å². The van der Waals surface area contributed by atoms with E-state index < -0.39 is 10.0 Å². The molecule has 0 bridgehead atoms. The van der Waals surface area contributed by atoms with Gasteiger partial charge in [0.2, 0.25) is 10.0 Å². The minimum atomic E-state index is -3.46. The lowest BCUT2D eigenvalue weighted by molar-refractivity contribution is 0.298. The Morgan fingerprint density at radius 1 is 1.08 bits per heavy atom. The fourth-order valence-corrected chi connectivity index (χ4v) is 4.53. The molecule has 0 aliphatic carbocycles. The van der Waals surface area contributed by atoms with Crippen molar-refractivity contribution in [3.05, 3.63) is 53.6 Å². The maximum atomic E-state index is 12.7. The first-order valence-corrected chi connectivity index (χ1v) is 10.0. The van der Waals surface area contributed by atoms with Gasteiger partial charge in [0.1, 0.15) is 11.5 Å². The summed E-state index contributed by atoms with van der Waals surface area (Å²) in [6, 6.07) is 13.9. The van der Waals surface area contributed by atoms with Crippen LogP contribution in [0.1, 0.15) is 12.8 Å². The molecule has 1 N–H and O–H groups in total. The van der Waals surface area contributed by atoms with Crippen molar-refractivity contribution in [1.82, 2.24) is 9.62 Å². The molecule has 0 atom stereocenters. The molecule has 0 spiro atoms. The first kappa shape index (κ1) is 21.0. The van der Waals surface area contributed by atoms with Crippen LogP contribution in [0.3, 0.4) is 0 Å². The van der Waals surface area contributed by atoms with Crippen molar-refractivity contribution < 1.29 is 13.2 Å². The van der Waals surface area contributed by atoms with Crippen LogP contribution >= 0.6 is 24.0 Å². The predicted octanol–water partition coefficient (Wildman–Crippen LogP) is 3.93. The van der Waals surface area contributed by atoms with Gasteiger partial charge in [0, 0.05) is 24.2 Å². The quantitative estimate of drug-likeness (QED) is 0.801. The van der Waals surface area contributed by atoms with Crippen molar-refractivity contribution in [1.29, 1.82) is 0 Å². The minimum Gasteiger partial charge on any atom is -0.457 e. The molecule has 26 heavy (non-hydrogen) atoms. The highest BCUT2D eigenvalue weighted by atomic mass is 35.5. The number of ether oxygens (including phenoxy) is 1. The van der Waals surface area contributed by atoms with E-state index in [2.05, 4.69) is 5.32 Å². The summed E-state index contributed by atoms with van der Waals surface area (Å²) in [5, 5.41) is 3.79. The van der Waals surface area contributed by atoms with Gasteiger partial charge in [-0.1, -0.05) is 17.7 Å². The standard InChI is InChI=1S/C18H21ClN2O3S.ClH/c1-20-15-9-11-21(12-10-15)25(22,23)18-7-5-16(6-8-18)24-17-4-2-3-14(19)13-17;/h2-8,13,15,20H,9-12H2,1H3;1H. The van der Waals surface area contributed by atoms with Crippen LogP contribution < -0.4 is 10.1 Å². The van der Waals surface area contributed by atoms with Crippen molar-refractivity contribution >= 4 is 34.0 Å². The van der Waals surface area contributed by atoms with E-state index in [9.17, 15) is 8.42 Å². The minimum absolute atomic E-state index is 0. The topological polar surface area (TPSA) is 58.6 Å². The first-order valence-electron chi connectivity index (χ1n) is 8.20. The smallest absolute Gasteiger partial charge is 0.243 e. The van der Waals surface area contributed by atoms with Gasteiger partial charge in [-0.05, 0) is 62.4 Å². The van der Waals surface area contributed by atoms with Crippen LogP contribution in [0.15, 0.2) is 53.4 Å². The number of halogens is 2. The third-order valence-electron chi connectivity index (χ3n) is 4.36. The molecule has 0 unspecified atom stereocenters. The average Bonchev–Trinajstić information content (AvgIpc) is 2.62. The van der Waals surface area contributed by atoms with Gasteiger partial charge in [-0.25, -0.2) is 8.42 Å². The molecule has 1 fully saturated rings. The highest BCUT2D eigenvalue weighted by molar-refractivity contribution is 7.89. The molecule has 0 radical (unpaired) electrons. The summed E-state index contributed by atoms with van der Waals surface area (Å²) in [4.78, 5) is 0.286. The summed E-state index contributed by atoms with van der Waals surface area (Å²) >= 11 is 5.93. The SMILES string of the molecule is CNC1CCN(S(=O)(=O)c2ccc(Oc3cccc(Cl)c3)cc2)CC1.Cl. The Morgan fingerprint density at radius 2 is 1.73 bits per heavy atom. The van der Waals surface area contributed by atoms with Crippen molar-refractivity contribution in [2.75, 3.05) is 20.1 Å². The second kappa shape index (κ2) is 9.06. The summed E-state index contributed by atoms with van der Waals surface area (Å²) in [5.41, 5.74) is 0. The largest absolute Gasteiger partial charge is 0.457 e. The van der Waals surface area contributed by atoms with Crippen LogP contribution in [-0.2, 0) is 10.0 Å². The number of nitrogens with one attached hydrogen (secondary N) is 1. The molecule has 0 saturated carbocycles.